The molecule has 31 heavy (non-hydrogen) atoms. The highest BCUT2D eigenvalue weighted by Crippen LogP contribution is 2.11. The standard InChI is InChI=1S/C24H25N3O4/c1-3-13-27(23(28)17-30-20-7-5-4-6-8-20)16-21-14-22(26-31-21)24(29)25-15-19-11-9-18(2)10-12-19/h3-12,14H,1,13,15-17H2,2H3,(H,25,29). The van der Waals surface area contributed by atoms with Crippen LogP contribution < -0.4 is 10.1 Å². The molecule has 0 radical (unpaired) electrons. The Kier molecular flexibility index (Phi) is 7.59. The summed E-state index contributed by atoms with van der Waals surface area (Å²) in [6.07, 6.45) is 1.62. The van der Waals surface area contributed by atoms with Gasteiger partial charge in [-0.3, -0.25) is 9.59 Å². The minimum absolute atomic E-state index is 0.115. The molecule has 1 heterocycles. The quantitative estimate of drug-likeness (QED) is 0.509. The molecule has 0 spiro atoms. The van der Waals surface area contributed by atoms with Crippen LogP contribution in [0.4, 0.5) is 0 Å². The molecule has 160 valence electrons. The predicted octanol–water partition coefficient (Wildman–Crippen LogP) is 3.51. The van der Waals surface area contributed by atoms with E-state index in [9.17, 15) is 9.59 Å². The molecule has 2 amide bonds. The minimum atomic E-state index is -0.343. The Labute approximate surface area is 181 Å². The average Bonchev–Trinajstić information content (AvgIpc) is 3.26. The normalized spacial score (nSPS) is 10.4. The molecule has 1 N–H and O–H groups in total. The Bertz CT molecular complexity index is 1010. The van der Waals surface area contributed by atoms with Crippen molar-refractivity contribution in [1.82, 2.24) is 15.4 Å². The van der Waals surface area contributed by atoms with E-state index >= 15 is 0 Å². The number of benzene rings is 2. The van der Waals surface area contributed by atoms with Gasteiger partial charge in [0.25, 0.3) is 11.8 Å². The van der Waals surface area contributed by atoms with E-state index in [1.807, 2.05) is 49.4 Å². The van der Waals surface area contributed by atoms with Gasteiger partial charge in [0.05, 0.1) is 6.54 Å². The lowest BCUT2D eigenvalue weighted by Crippen LogP contribution is -2.34. The molecule has 0 aliphatic heterocycles. The highest BCUT2D eigenvalue weighted by Gasteiger charge is 2.18. The summed E-state index contributed by atoms with van der Waals surface area (Å²) in [5.74, 6) is 0.437. The van der Waals surface area contributed by atoms with E-state index in [0.717, 1.165) is 11.1 Å². The first-order valence-electron chi connectivity index (χ1n) is 9.91. The Balaban J connectivity index is 1.54. The van der Waals surface area contributed by atoms with E-state index in [1.165, 1.54) is 11.0 Å². The zero-order valence-corrected chi connectivity index (χ0v) is 17.4. The number of nitrogens with zero attached hydrogens (tertiary/aromatic N) is 2. The molecule has 7 heteroatoms. The molecule has 0 bridgehead atoms. The summed E-state index contributed by atoms with van der Waals surface area (Å²) in [5, 5.41) is 6.64. The number of nitrogens with one attached hydrogen (secondary N) is 1. The largest absolute Gasteiger partial charge is 0.484 e. The van der Waals surface area contributed by atoms with Crippen molar-refractivity contribution in [3.8, 4) is 5.75 Å². The monoisotopic (exact) mass is 419 g/mol. The number of amides is 2. The van der Waals surface area contributed by atoms with Crippen LogP contribution in [0, 0.1) is 6.92 Å². The van der Waals surface area contributed by atoms with E-state index < -0.39 is 0 Å². The third kappa shape index (κ3) is 6.57. The SMILES string of the molecule is C=CCN(Cc1cc(C(=O)NCc2ccc(C)cc2)no1)C(=O)COc1ccccc1. The van der Waals surface area contributed by atoms with Crippen molar-refractivity contribution in [2.24, 2.45) is 0 Å². The number of hydrogen-bond acceptors (Lipinski definition) is 5. The molecule has 0 saturated heterocycles. The number of carbonyl (C=O) groups is 2. The predicted molar refractivity (Wildman–Crippen MR) is 116 cm³/mol. The van der Waals surface area contributed by atoms with Gasteiger partial charge in [-0.05, 0) is 24.6 Å². The van der Waals surface area contributed by atoms with Gasteiger partial charge in [0.2, 0.25) is 0 Å². The highest BCUT2D eigenvalue weighted by molar-refractivity contribution is 5.92. The van der Waals surface area contributed by atoms with Crippen LogP contribution >= 0.6 is 0 Å². The first kappa shape index (κ1) is 21.8. The molecule has 0 aliphatic rings. The van der Waals surface area contributed by atoms with E-state index in [4.69, 9.17) is 9.26 Å². The summed E-state index contributed by atoms with van der Waals surface area (Å²) < 4.78 is 10.8. The molecular weight excluding hydrogens is 394 g/mol. The fourth-order valence-corrected chi connectivity index (χ4v) is 2.82. The lowest BCUT2D eigenvalue weighted by Gasteiger charge is -2.19. The minimum Gasteiger partial charge on any atom is -0.484 e. The van der Waals surface area contributed by atoms with E-state index in [2.05, 4.69) is 17.1 Å². The van der Waals surface area contributed by atoms with Crippen LogP contribution in [0.1, 0.15) is 27.4 Å². The third-order valence-corrected chi connectivity index (χ3v) is 4.52. The molecule has 3 rings (SSSR count). The molecule has 0 atom stereocenters. The second-order valence-corrected chi connectivity index (χ2v) is 7.01. The fourth-order valence-electron chi connectivity index (χ4n) is 2.82. The van der Waals surface area contributed by atoms with Crippen molar-refractivity contribution in [1.29, 1.82) is 0 Å². The van der Waals surface area contributed by atoms with Crippen LogP contribution in [0.3, 0.4) is 0 Å². The number of ether oxygens (including phenoxy) is 1. The van der Waals surface area contributed by atoms with Gasteiger partial charge < -0.3 is 19.5 Å². The van der Waals surface area contributed by atoms with Gasteiger partial charge in [-0.15, -0.1) is 6.58 Å². The Morgan fingerprint density at radius 1 is 1.16 bits per heavy atom. The maximum Gasteiger partial charge on any atom is 0.273 e. The van der Waals surface area contributed by atoms with Crippen LogP contribution in [0.15, 0.2) is 77.8 Å². The molecule has 2 aromatic carbocycles. The summed E-state index contributed by atoms with van der Waals surface area (Å²) in [6, 6.07) is 18.5. The molecule has 7 nitrogen and oxygen atoms in total. The first-order valence-corrected chi connectivity index (χ1v) is 9.91. The number of para-hydroxylation sites is 1. The molecule has 0 aliphatic carbocycles. The zero-order valence-electron chi connectivity index (χ0n) is 17.4. The lowest BCUT2D eigenvalue weighted by molar-refractivity contribution is -0.133. The molecule has 1 aromatic heterocycles. The molecule has 3 aromatic rings. The van der Waals surface area contributed by atoms with Gasteiger partial charge in [-0.2, -0.15) is 0 Å². The van der Waals surface area contributed by atoms with Crippen molar-refractivity contribution < 1.29 is 18.8 Å². The summed E-state index contributed by atoms with van der Waals surface area (Å²) >= 11 is 0. The van der Waals surface area contributed by atoms with Crippen LogP contribution in [-0.2, 0) is 17.9 Å². The van der Waals surface area contributed by atoms with Crippen LogP contribution in [0.5, 0.6) is 5.75 Å². The summed E-state index contributed by atoms with van der Waals surface area (Å²) in [6.45, 7) is 6.44. The van der Waals surface area contributed by atoms with Gasteiger partial charge in [-0.25, -0.2) is 0 Å². The lowest BCUT2D eigenvalue weighted by atomic mass is 10.1. The van der Waals surface area contributed by atoms with Crippen molar-refractivity contribution in [2.45, 2.75) is 20.0 Å². The summed E-state index contributed by atoms with van der Waals surface area (Å²) in [5.41, 5.74) is 2.31. The van der Waals surface area contributed by atoms with E-state index in [0.29, 0.717) is 24.6 Å². The highest BCUT2D eigenvalue weighted by atomic mass is 16.5. The van der Waals surface area contributed by atoms with Crippen molar-refractivity contribution >= 4 is 11.8 Å². The average molecular weight is 419 g/mol. The molecular formula is C24H25N3O4. The second-order valence-electron chi connectivity index (χ2n) is 7.01. The Morgan fingerprint density at radius 3 is 2.61 bits per heavy atom. The van der Waals surface area contributed by atoms with Crippen molar-refractivity contribution in [3.05, 3.63) is 95.9 Å². The number of aromatic nitrogens is 1. The number of rotatable bonds is 10. The molecule has 0 saturated carbocycles. The van der Waals surface area contributed by atoms with E-state index in [-0.39, 0.29) is 30.7 Å². The van der Waals surface area contributed by atoms with Crippen LogP contribution in [0.2, 0.25) is 0 Å². The first-order chi connectivity index (χ1) is 15.0. The van der Waals surface area contributed by atoms with Gasteiger partial charge >= 0.3 is 0 Å². The van der Waals surface area contributed by atoms with Crippen molar-refractivity contribution in [3.63, 3.8) is 0 Å². The van der Waals surface area contributed by atoms with Gasteiger partial charge in [0.15, 0.2) is 18.1 Å². The third-order valence-electron chi connectivity index (χ3n) is 4.52. The van der Waals surface area contributed by atoms with Crippen LogP contribution in [0.25, 0.3) is 0 Å². The van der Waals surface area contributed by atoms with E-state index in [1.54, 1.807) is 18.2 Å². The molecule has 0 unspecified atom stereocenters. The number of hydrogen-bond donors (Lipinski definition) is 1. The summed E-state index contributed by atoms with van der Waals surface area (Å²) in [7, 11) is 0. The number of carbonyl (C=O) groups excluding carboxylic acids is 2. The van der Waals surface area contributed by atoms with Crippen LogP contribution in [-0.4, -0.2) is 35.0 Å². The zero-order chi connectivity index (χ0) is 22.1. The maximum atomic E-state index is 12.5. The fraction of sp³-hybridized carbons (Fsp3) is 0.208. The maximum absolute atomic E-state index is 12.5. The van der Waals surface area contributed by atoms with Gasteiger partial charge in [0.1, 0.15) is 5.75 Å². The van der Waals surface area contributed by atoms with Crippen molar-refractivity contribution in [2.75, 3.05) is 13.2 Å². The summed E-state index contributed by atoms with van der Waals surface area (Å²) in [4.78, 5) is 26.4. The second kappa shape index (κ2) is 10.8. The Morgan fingerprint density at radius 2 is 1.90 bits per heavy atom. The molecule has 0 fully saturated rings. The van der Waals surface area contributed by atoms with Gasteiger partial charge in [0, 0.05) is 19.2 Å². The Hall–Kier alpha value is -3.87. The number of aryl methyl sites for hydroxylation is 1. The smallest absolute Gasteiger partial charge is 0.273 e. The van der Waals surface area contributed by atoms with Gasteiger partial charge in [-0.1, -0.05) is 59.3 Å². The topological polar surface area (TPSA) is 84.7 Å².